The van der Waals surface area contributed by atoms with Crippen LogP contribution in [-0.4, -0.2) is 29.9 Å². The van der Waals surface area contributed by atoms with Crippen LogP contribution in [0.4, 0.5) is 0 Å². The second-order valence-corrected chi connectivity index (χ2v) is 5.30. The van der Waals surface area contributed by atoms with Gasteiger partial charge in [0, 0.05) is 37.5 Å². The van der Waals surface area contributed by atoms with Crippen molar-refractivity contribution < 1.29 is 9.21 Å². The van der Waals surface area contributed by atoms with E-state index >= 15 is 0 Å². The van der Waals surface area contributed by atoms with Crippen LogP contribution in [0.2, 0.25) is 5.02 Å². The van der Waals surface area contributed by atoms with Crippen LogP contribution in [0.3, 0.4) is 0 Å². The maximum absolute atomic E-state index is 11.9. The van der Waals surface area contributed by atoms with Crippen LogP contribution in [0.1, 0.15) is 10.4 Å². The summed E-state index contributed by atoms with van der Waals surface area (Å²) in [5, 5.41) is 0.533. The van der Waals surface area contributed by atoms with Gasteiger partial charge in [-0.2, -0.15) is 0 Å². The van der Waals surface area contributed by atoms with Gasteiger partial charge in [-0.15, -0.1) is 0 Å². The Labute approximate surface area is 127 Å². The van der Waals surface area contributed by atoms with Gasteiger partial charge in [-0.3, -0.25) is 9.78 Å². The summed E-state index contributed by atoms with van der Waals surface area (Å²) in [5.74, 6) is 0.644. The van der Waals surface area contributed by atoms with Crippen molar-refractivity contribution in [3.8, 4) is 11.3 Å². The van der Waals surface area contributed by atoms with E-state index in [9.17, 15) is 4.79 Å². The molecule has 0 aliphatic heterocycles. The summed E-state index contributed by atoms with van der Waals surface area (Å²) in [4.78, 5) is 17.6. The van der Waals surface area contributed by atoms with Crippen molar-refractivity contribution >= 4 is 28.6 Å². The summed E-state index contributed by atoms with van der Waals surface area (Å²) < 4.78 is 5.74. The van der Waals surface area contributed by atoms with Crippen LogP contribution in [0, 0.1) is 0 Å². The third-order valence-electron chi connectivity index (χ3n) is 3.19. The largest absolute Gasteiger partial charge is 0.453 e. The Balaban J connectivity index is 1.99. The zero-order valence-corrected chi connectivity index (χ0v) is 12.4. The first-order chi connectivity index (χ1) is 10.1. The Morgan fingerprint density at radius 2 is 1.90 bits per heavy atom. The van der Waals surface area contributed by atoms with Gasteiger partial charge < -0.3 is 9.32 Å². The third-order valence-corrected chi connectivity index (χ3v) is 3.48. The number of hydrogen-bond acceptors (Lipinski definition) is 3. The molecule has 1 aromatic carbocycles. The third kappa shape index (κ3) is 2.50. The zero-order valence-electron chi connectivity index (χ0n) is 11.6. The number of carbonyl (C=O) groups is 1. The maximum atomic E-state index is 11.9. The van der Waals surface area contributed by atoms with Crippen molar-refractivity contribution in [3.63, 3.8) is 0 Å². The van der Waals surface area contributed by atoms with Crippen LogP contribution in [0.15, 0.2) is 47.0 Å². The molecule has 2 heterocycles. The molecular formula is C16H13ClN2O2. The molecule has 0 saturated carbocycles. The molecule has 0 unspecified atom stereocenters. The number of halogens is 1. The van der Waals surface area contributed by atoms with E-state index in [1.54, 1.807) is 43.4 Å². The molecule has 21 heavy (non-hydrogen) atoms. The highest BCUT2D eigenvalue weighted by molar-refractivity contribution is 6.34. The molecule has 0 aliphatic carbocycles. The van der Waals surface area contributed by atoms with Crippen molar-refractivity contribution in [3.05, 3.63) is 53.2 Å². The van der Waals surface area contributed by atoms with Crippen LogP contribution in [0.25, 0.3) is 22.4 Å². The SMILES string of the molecule is CN(C)C(=O)c1ccc(-c2cc3nccc(Cl)c3o2)cc1. The van der Waals surface area contributed by atoms with E-state index in [-0.39, 0.29) is 5.91 Å². The average molecular weight is 301 g/mol. The quantitative estimate of drug-likeness (QED) is 0.722. The van der Waals surface area contributed by atoms with Crippen molar-refractivity contribution in [1.29, 1.82) is 0 Å². The van der Waals surface area contributed by atoms with Crippen LogP contribution in [0.5, 0.6) is 0 Å². The first-order valence-electron chi connectivity index (χ1n) is 6.42. The average Bonchev–Trinajstić information content (AvgIpc) is 2.92. The molecule has 0 aliphatic rings. The first-order valence-corrected chi connectivity index (χ1v) is 6.80. The Morgan fingerprint density at radius 3 is 2.52 bits per heavy atom. The molecule has 2 aromatic heterocycles. The predicted molar refractivity (Wildman–Crippen MR) is 82.5 cm³/mol. The van der Waals surface area contributed by atoms with Gasteiger partial charge in [0.05, 0.1) is 5.02 Å². The van der Waals surface area contributed by atoms with Gasteiger partial charge in [0.15, 0.2) is 5.58 Å². The lowest BCUT2D eigenvalue weighted by Crippen LogP contribution is -2.21. The van der Waals surface area contributed by atoms with Gasteiger partial charge in [0.1, 0.15) is 11.3 Å². The molecule has 0 N–H and O–H groups in total. The fraction of sp³-hybridized carbons (Fsp3) is 0.125. The minimum Gasteiger partial charge on any atom is -0.453 e. The molecule has 3 rings (SSSR count). The highest BCUT2D eigenvalue weighted by atomic mass is 35.5. The summed E-state index contributed by atoms with van der Waals surface area (Å²) >= 11 is 6.08. The molecule has 1 amide bonds. The second kappa shape index (κ2) is 5.22. The zero-order chi connectivity index (χ0) is 15.0. The number of nitrogens with zero attached hydrogens (tertiary/aromatic N) is 2. The molecule has 0 atom stereocenters. The monoisotopic (exact) mass is 300 g/mol. The number of hydrogen-bond donors (Lipinski definition) is 0. The standard InChI is InChI=1S/C16H13ClN2O2/c1-19(2)16(20)11-5-3-10(4-6-11)14-9-13-15(21-14)12(17)7-8-18-13/h3-9H,1-2H3. The lowest BCUT2D eigenvalue weighted by molar-refractivity contribution is 0.0827. The topological polar surface area (TPSA) is 46.3 Å². The summed E-state index contributed by atoms with van der Waals surface area (Å²) in [5.41, 5.74) is 2.80. The van der Waals surface area contributed by atoms with Crippen molar-refractivity contribution in [1.82, 2.24) is 9.88 Å². The normalized spacial score (nSPS) is 10.8. The number of amides is 1. The maximum Gasteiger partial charge on any atom is 0.253 e. The fourth-order valence-corrected chi connectivity index (χ4v) is 2.28. The van der Waals surface area contributed by atoms with E-state index in [2.05, 4.69) is 4.98 Å². The Morgan fingerprint density at radius 1 is 1.19 bits per heavy atom. The Bertz CT molecular complexity index is 807. The summed E-state index contributed by atoms with van der Waals surface area (Å²) in [6.45, 7) is 0. The number of fused-ring (bicyclic) bond motifs is 1. The van der Waals surface area contributed by atoms with Crippen LogP contribution >= 0.6 is 11.6 Å². The first kappa shape index (κ1) is 13.6. The Hall–Kier alpha value is -2.33. The Kier molecular flexibility index (Phi) is 3.39. The van der Waals surface area contributed by atoms with Gasteiger partial charge in [-0.1, -0.05) is 23.7 Å². The van der Waals surface area contributed by atoms with Gasteiger partial charge in [0.2, 0.25) is 0 Å². The molecule has 0 spiro atoms. The molecule has 0 radical (unpaired) electrons. The number of aromatic nitrogens is 1. The number of rotatable bonds is 2. The fourth-order valence-electron chi connectivity index (χ4n) is 2.08. The van der Waals surface area contributed by atoms with E-state index in [4.69, 9.17) is 16.0 Å². The van der Waals surface area contributed by atoms with Gasteiger partial charge in [-0.05, 0) is 18.2 Å². The number of furan rings is 1. The molecule has 0 bridgehead atoms. The van der Waals surface area contributed by atoms with E-state index in [1.165, 1.54) is 0 Å². The number of benzene rings is 1. The van der Waals surface area contributed by atoms with E-state index in [1.807, 2.05) is 18.2 Å². The van der Waals surface area contributed by atoms with E-state index in [0.717, 1.165) is 5.56 Å². The van der Waals surface area contributed by atoms with Gasteiger partial charge in [-0.25, -0.2) is 0 Å². The minimum absolute atomic E-state index is 0.0316. The van der Waals surface area contributed by atoms with Crippen LogP contribution in [-0.2, 0) is 0 Å². The molecule has 106 valence electrons. The van der Waals surface area contributed by atoms with Crippen LogP contribution < -0.4 is 0 Å². The second-order valence-electron chi connectivity index (χ2n) is 4.89. The molecular weight excluding hydrogens is 288 g/mol. The van der Waals surface area contributed by atoms with Gasteiger partial charge in [0.25, 0.3) is 5.91 Å². The molecule has 4 nitrogen and oxygen atoms in total. The highest BCUT2D eigenvalue weighted by Gasteiger charge is 2.11. The molecule has 0 saturated heterocycles. The highest BCUT2D eigenvalue weighted by Crippen LogP contribution is 2.30. The van der Waals surface area contributed by atoms with E-state index in [0.29, 0.717) is 27.4 Å². The van der Waals surface area contributed by atoms with E-state index < -0.39 is 0 Å². The number of pyridine rings is 1. The summed E-state index contributed by atoms with van der Waals surface area (Å²) in [6, 6.07) is 10.8. The molecule has 3 aromatic rings. The van der Waals surface area contributed by atoms with Crippen molar-refractivity contribution in [2.45, 2.75) is 0 Å². The predicted octanol–water partition coefficient (Wildman–Crippen LogP) is 3.85. The lowest BCUT2D eigenvalue weighted by atomic mass is 10.1. The smallest absolute Gasteiger partial charge is 0.253 e. The lowest BCUT2D eigenvalue weighted by Gasteiger charge is -2.10. The number of carbonyl (C=O) groups excluding carboxylic acids is 1. The minimum atomic E-state index is -0.0316. The molecule has 5 heteroatoms. The van der Waals surface area contributed by atoms with Gasteiger partial charge >= 0.3 is 0 Å². The molecule has 0 fully saturated rings. The summed E-state index contributed by atoms with van der Waals surface area (Å²) in [7, 11) is 3.45. The van der Waals surface area contributed by atoms with Crippen molar-refractivity contribution in [2.75, 3.05) is 14.1 Å². The summed E-state index contributed by atoms with van der Waals surface area (Å²) in [6.07, 6.45) is 1.64. The van der Waals surface area contributed by atoms with Crippen molar-refractivity contribution in [2.24, 2.45) is 0 Å².